The van der Waals surface area contributed by atoms with Crippen molar-refractivity contribution in [2.75, 3.05) is 6.61 Å². The molecule has 220 valence electrons. The van der Waals surface area contributed by atoms with E-state index in [2.05, 4.69) is 6.92 Å². The third kappa shape index (κ3) is 3.79. The van der Waals surface area contributed by atoms with E-state index in [0.29, 0.717) is 51.4 Å². The number of carbonyl (C=O) groups excluding carboxylic acids is 1. The van der Waals surface area contributed by atoms with Crippen molar-refractivity contribution in [2.24, 2.45) is 28.6 Å². The zero-order valence-electron chi connectivity index (χ0n) is 23.0. The molecule has 4 aliphatic carbocycles. The SMILES string of the molecule is C[C@@H]1O[C@H](O[C@H]2CC[C@]3(C)[C@H]4C[C@@H](O)[C@]5(C)[C@H](C6=CC(=O)OC6)CC[C@]5(O)[C@H]4CC[C@]3(O)C2)[C@@H](O)[C@H](O)[C@H]1O. The molecule has 0 aromatic heterocycles. The van der Waals surface area contributed by atoms with Crippen LogP contribution in [0.1, 0.15) is 72.1 Å². The fraction of sp³-hybridized carbons (Fsp3) is 0.897. The van der Waals surface area contributed by atoms with Gasteiger partial charge in [0.15, 0.2) is 6.29 Å². The van der Waals surface area contributed by atoms with Crippen molar-refractivity contribution in [3.63, 3.8) is 0 Å². The lowest BCUT2D eigenvalue weighted by Crippen LogP contribution is -2.70. The molecule has 0 aromatic carbocycles. The van der Waals surface area contributed by atoms with Gasteiger partial charge < -0.3 is 44.8 Å². The molecule has 6 N–H and O–H groups in total. The highest BCUT2D eigenvalue weighted by molar-refractivity contribution is 5.85. The Hall–Kier alpha value is -1.11. The molecule has 0 unspecified atom stereocenters. The first-order valence-electron chi connectivity index (χ1n) is 14.6. The first kappa shape index (κ1) is 28.0. The molecule has 5 fully saturated rings. The van der Waals surface area contributed by atoms with E-state index in [-0.39, 0.29) is 30.3 Å². The second-order valence-corrected chi connectivity index (χ2v) is 13.8. The Morgan fingerprint density at radius 2 is 1.69 bits per heavy atom. The monoisotopic (exact) mass is 552 g/mol. The van der Waals surface area contributed by atoms with Gasteiger partial charge in [-0.3, -0.25) is 0 Å². The normalized spacial score (nSPS) is 57.3. The summed E-state index contributed by atoms with van der Waals surface area (Å²) in [6.45, 7) is 5.86. The van der Waals surface area contributed by atoms with E-state index >= 15 is 0 Å². The van der Waals surface area contributed by atoms with Crippen LogP contribution in [0.25, 0.3) is 0 Å². The second-order valence-electron chi connectivity index (χ2n) is 13.8. The number of hydrogen-bond acceptors (Lipinski definition) is 10. The summed E-state index contributed by atoms with van der Waals surface area (Å²) in [7, 11) is 0. The summed E-state index contributed by atoms with van der Waals surface area (Å²) in [4.78, 5) is 11.8. The minimum Gasteiger partial charge on any atom is -0.458 e. The van der Waals surface area contributed by atoms with Crippen LogP contribution in [-0.4, -0.2) is 97.3 Å². The van der Waals surface area contributed by atoms with Crippen LogP contribution in [0.4, 0.5) is 0 Å². The van der Waals surface area contributed by atoms with Crippen molar-refractivity contribution in [1.29, 1.82) is 0 Å². The lowest BCUT2D eigenvalue weighted by molar-refractivity contribution is -0.321. The van der Waals surface area contributed by atoms with Gasteiger partial charge in [0.2, 0.25) is 0 Å². The molecular weight excluding hydrogens is 508 g/mol. The molecule has 0 radical (unpaired) electrons. The molecule has 39 heavy (non-hydrogen) atoms. The van der Waals surface area contributed by atoms with Crippen molar-refractivity contribution in [3.05, 3.63) is 11.6 Å². The van der Waals surface area contributed by atoms with Crippen LogP contribution in [0, 0.1) is 28.6 Å². The van der Waals surface area contributed by atoms with E-state index in [4.69, 9.17) is 14.2 Å². The fourth-order valence-electron chi connectivity index (χ4n) is 9.78. The van der Waals surface area contributed by atoms with Crippen molar-refractivity contribution in [2.45, 2.75) is 126 Å². The van der Waals surface area contributed by atoms with E-state index in [0.717, 1.165) is 5.57 Å². The highest BCUT2D eigenvalue weighted by Gasteiger charge is 2.72. The Morgan fingerprint density at radius 1 is 0.949 bits per heavy atom. The quantitative estimate of drug-likeness (QED) is 0.215. The molecule has 6 rings (SSSR count). The van der Waals surface area contributed by atoms with Crippen molar-refractivity contribution < 1.29 is 49.6 Å². The average Bonchev–Trinajstić information content (AvgIpc) is 3.43. The van der Waals surface area contributed by atoms with Gasteiger partial charge in [-0.15, -0.1) is 0 Å². The summed E-state index contributed by atoms with van der Waals surface area (Å²) in [5.41, 5.74) is -2.75. The van der Waals surface area contributed by atoms with Crippen LogP contribution in [0.5, 0.6) is 0 Å². The topological polar surface area (TPSA) is 166 Å². The first-order chi connectivity index (χ1) is 18.2. The second kappa shape index (κ2) is 9.19. The van der Waals surface area contributed by atoms with Crippen LogP contribution < -0.4 is 0 Å². The van der Waals surface area contributed by atoms with Crippen LogP contribution in [0.2, 0.25) is 0 Å². The number of rotatable bonds is 3. The smallest absolute Gasteiger partial charge is 0.331 e. The fourth-order valence-corrected chi connectivity index (χ4v) is 9.78. The number of ether oxygens (including phenoxy) is 3. The maximum Gasteiger partial charge on any atom is 0.331 e. The molecule has 0 aromatic rings. The number of aliphatic hydroxyl groups is 6. The Labute approximate surface area is 229 Å². The molecule has 0 spiro atoms. The maximum atomic E-state index is 12.4. The summed E-state index contributed by atoms with van der Waals surface area (Å²) in [6, 6.07) is 0. The van der Waals surface area contributed by atoms with Gasteiger partial charge in [0.05, 0.1) is 29.5 Å². The predicted octanol–water partition coefficient (Wildman–Crippen LogP) is 0.542. The largest absolute Gasteiger partial charge is 0.458 e. The number of aliphatic hydroxyl groups excluding tert-OH is 4. The van der Waals surface area contributed by atoms with Crippen molar-refractivity contribution in [1.82, 2.24) is 0 Å². The number of carbonyl (C=O) groups is 1. The number of fused-ring (bicyclic) bond motifs is 5. The van der Waals surface area contributed by atoms with Gasteiger partial charge in [0.1, 0.15) is 24.9 Å². The van der Waals surface area contributed by atoms with E-state index < -0.39 is 64.9 Å². The molecule has 14 atom stereocenters. The van der Waals surface area contributed by atoms with E-state index in [1.165, 1.54) is 6.08 Å². The summed E-state index contributed by atoms with van der Waals surface area (Å²) in [6.07, 6.45) is -1.27. The zero-order valence-corrected chi connectivity index (χ0v) is 23.0. The third-order valence-electron chi connectivity index (χ3n) is 12.3. The Morgan fingerprint density at radius 3 is 2.38 bits per heavy atom. The van der Waals surface area contributed by atoms with Gasteiger partial charge in [0.25, 0.3) is 0 Å². The van der Waals surface area contributed by atoms with Crippen molar-refractivity contribution >= 4 is 5.97 Å². The molecule has 6 aliphatic rings. The van der Waals surface area contributed by atoms with E-state index in [1.54, 1.807) is 6.92 Å². The number of esters is 1. The summed E-state index contributed by atoms with van der Waals surface area (Å²) in [5, 5.41) is 66.8. The molecule has 0 amide bonds. The standard InChI is InChI=1S/C29H44O10/c1-14-22(32)23(33)24(34)25(38-14)39-16-4-7-26(2)19-11-20(30)27(3)17(15-10-21(31)37-13-15)6-9-29(27,36)18(19)5-8-28(26,35)12-16/h10,14,16-20,22-25,30,32-36H,4-9,11-13H2,1-3H3/t14-,16-,17-,18-,19-,20+,22-,23+,24-,25+,26+,27-,28-,29-/m0/s1. The Balaban J connectivity index is 1.22. The highest BCUT2D eigenvalue weighted by Crippen LogP contribution is 2.70. The van der Waals surface area contributed by atoms with E-state index in [1.807, 2.05) is 6.92 Å². The molecule has 4 saturated carbocycles. The summed E-state index contributed by atoms with van der Waals surface area (Å²) < 4.78 is 16.9. The molecule has 0 bridgehead atoms. The minimum atomic E-state index is -1.40. The molecule has 1 saturated heterocycles. The lowest BCUT2D eigenvalue weighted by atomic mass is 9.41. The summed E-state index contributed by atoms with van der Waals surface area (Å²) >= 11 is 0. The molecule has 10 nitrogen and oxygen atoms in total. The number of hydrogen-bond donors (Lipinski definition) is 6. The van der Waals surface area contributed by atoms with E-state index in [9.17, 15) is 35.4 Å². The lowest BCUT2D eigenvalue weighted by Gasteiger charge is -2.67. The average molecular weight is 553 g/mol. The van der Waals surface area contributed by atoms with Gasteiger partial charge in [-0.2, -0.15) is 0 Å². The van der Waals surface area contributed by atoms with Gasteiger partial charge in [-0.25, -0.2) is 4.79 Å². The maximum absolute atomic E-state index is 12.4. The third-order valence-corrected chi connectivity index (χ3v) is 12.3. The number of cyclic esters (lactones) is 1. The molecule has 2 aliphatic heterocycles. The van der Waals surface area contributed by atoms with Gasteiger partial charge >= 0.3 is 5.97 Å². The highest BCUT2D eigenvalue weighted by atomic mass is 16.7. The van der Waals surface area contributed by atoms with Crippen molar-refractivity contribution in [3.8, 4) is 0 Å². The molecule has 10 heteroatoms. The van der Waals surface area contributed by atoms with Gasteiger partial charge in [-0.05, 0) is 80.6 Å². The predicted molar refractivity (Wildman–Crippen MR) is 136 cm³/mol. The van der Waals surface area contributed by atoms with Gasteiger partial charge in [0, 0.05) is 17.9 Å². The van der Waals surface area contributed by atoms with Gasteiger partial charge in [-0.1, -0.05) is 13.8 Å². The summed E-state index contributed by atoms with van der Waals surface area (Å²) in [5.74, 6) is -0.709. The zero-order chi connectivity index (χ0) is 28.1. The minimum absolute atomic E-state index is 0.0988. The molecule has 2 heterocycles. The molecular formula is C29H44O10. The Bertz CT molecular complexity index is 1030. The Kier molecular flexibility index (Phi) is 6.61. The first-order valence-corrected chi connectivity index (χ1v) is 14.6. The van der Waals surface area contributed by atoms with Crippen LogP contribution in [0.3, 0.4) is 0 Å². The van der Waals surface area contributed by atoms with Crippen LogP contribution >= 0.6 is 0 Å². The van der Waals surface area contributed by atoms with Crippen LogP contribution in [0.15, 0.2) is 11.6 Å². The van der Waals surface area contributed by atoms with Crippen LogP contribution in [-0.2, 0) is 19.0 Å².